The van der Waals surface area contributed by atoms with Crippen LogP contribution in [0.5, 0.6) is 0 Å². The van der Waals surface area contributed by atoms with E-state index in [2.05, 4.69) is 9.97 Å². The first-order valence-corrected chi connectivity index (χ1v) is 11.9. The van der Waals surface area contributed by atoms with Crippen molar-refractivity contribution >= 4 is 15.9 Å². The van der Waals surface area contributed by atoms with Gasteiger partial charge in [0.1, 0.15) is 5.82 Å². The molecular weight excluding hydrogens is 380 g/mol. The van der Waals surface area contributed by atoms with E-state index in [0.29, 0.717) is 36.6 Å². The topological polar surface area (TPSA) is 103 Å². The summed E-state index contributed by atoms with van der Waals surface area (Å²) < 4.78 is 25.9. The summed E-state index contributed by atoms with van der Waals surface area (Å²) in [6.07, 6.45) is 6.08. The monoisotopic (exact) mass is 408 g/mol. The maximum atomic E-state index is 12.9. The molecule has 1 N–H and O–H groups in total. The number of aromatic amines is 1. The lowest BCUT2D eigenvalue weighted by Crippen LogP contribution is -2.45. The number of likely N-dealkylation sites (tertiary alicyclic amines) is 1. The minimum absolute atomic E-state index is 0.0324. The van der Waals surface area contributed by atoms with Crippen LogP contribution in [0.3, 0.4) is 0 Å². The van der Waals surface area contributed by atoms with Crippen molar-refractivity contribution in [3.05, 3.63) is 27.4 Å². The molecule has 1 amide bonds. The van der Waals surface area contributed by atoms with Gasteiger partial charge in [-0.3, -0.25) is 9.59 Å². The van der Waals surface area contributed by atoms with Crippen LogP contribution >= 0.6 is 0 Å². The molecule has 3 heterocycles. The fraction of sp³-hybridized carbons (Fsp3) is 0.737. The number of sulfonamides is 1. The number of hydrogen-bond acceptors (Lipinski definition) is 5. The minimum Gasteiger partial charge on any atom is -0.332 e. The third-order valence-electron chi connectivity index (χ3n) is 6.37. The van der Waals surface area contributed by atoms with Gasteiger partial charge in [0, 0.05) is 24.6 Å². The van der Waals surface area contributed by atoms with Crippen molar-refractivity contribution in [3.63, 3.8) is 0 Å². The SMILES string of the molecule is CCS(=O)(=O)N1CCc2c(nc([C@@H]3CCCCN3C(=O)C3CCC3)[nH]c2=O)C1. The summed E-state index contributed by atoms with van der Waals surface area (Å²) in [7, 11) is -3.33. The van der Waals surface area contributed by atoms with Gasteiger partial charge in [0.2, 0.25) is 15.9 Å². The molecule has 2 fully saturated rings. The fourth-order valence-electron chi connectivity index (χ4n) is 4.38. The van der Waals surface area contributed by atoms with Crippen molar-refractivity contribution in [2.75, 3.05) is 18.8 Å². The molecule has 154 valence electrons. The predicted molar refractivity (Wildman–Crippen MR) is 104 cm³/mol. The van der Waals surface area contributed by atoms with Crippen LogP contribution in [0.15, 0.2) is 4.79 Å². The highest BCUT2D eigenvalue weighted by Crippen LogP contribution is 2.35. The standard InChI is InChI=1S/C19H28N4O4S/c1-2-28(26,27)22-11-9-14-15(12-22)20-17(21-18(14)24)16-8-3-4-10-23(16)19(25)13-6-5-7-13/h13,16H,2-12H2,1H3,(H,20,21,24)/t16-/m0/s1. The number of fused-ring (bicyclic) bond motifs is 1. The highest BCUT2D eigenvalue weighted by Gasteiger charge is 2.37. The van der Waals surface area contributed by atoms with Gasteiger partial charge in [-0.25, -0.2) is 13.4 Å². The van der Waals surface area contributed by atoms with Crippen LogP contribution in [0, 0.1) is 5.92 Å². The molecule has 1 saturated carbocycles. The summed E-state index contributed by atoms with van der Waals surface area (Å²) in [5.74, 6) is 0.818. The number of aromatic nitrogens is 2. The van der Waals surface area contributed by atoms with E-state index in [1.807, 2.05) is 4.90 Å². The van der Waals surface area contributed by atoms with Crippen LogP contribution < -0.4 is 5.56 Å². The number of nitrogens with zero attached hydrogens (tertiary/aromatic N) is 3. The van der Waals surface area contributed by atoms with Gasteiger partial charge < -0.3 is 9.88 Å². The second-order valence-electron chi connectivity index (χ2n) is 8.03. The van der Waals surface area contributed by atoms with Gasteiger partial charge >= 0.3 is 0 Å². The van der Waals surface area contributed by atoms with Gasteiger partial charge in [-0.1, -0.05) is 6.42 Å². The fourth-order valence-corrected chi connectivity index (χ4v) is 5.44. The Balaban J connectivity index is 1.65. The van der Waals surface area contributed by atoms with Crippen molar-refractivity contribution in [3.8, 4) is 0 Å². The highest BCUT2D eigenvalue weighted by molar-refractivity contribution is 7.89. The molecule has 1 atom stereocenters. The molecule has 0 bridgehead atoms. The molecule has 1 aromatic rings. The van der Waals surface area contributed by atoms with Crippen molar-refractivity contribution in [2.45, 2.75) is 64.5 Å². The second kappa shape index (κ2) is 7.59. The lowest BCUT2D eigenvalue weighted by Gasteiger charge is -2.39. The molecule has 0 spiro atoms. The van der Waals surface area contributed by atoms with Crippen LogP contribution in [0.2, 0.25) is 0 Å². The van der Waals surface area contributed by atoms with Crippen molar-refractivity contribution < 1.29 is 13.2 Å². The Morgan fingerprint density at radius 2 is 1.96 bits per heavy atom. The van der Waals surface area contributed by atoms with E-state index >= 15 is 0 Å². The summed E-state index contributed by atoms with van der Waals surface area (Å²) in [5.41, 5.74) is 0.901. The predicted octanol–water partition coefficient (Wildman–Crippen LogP) is 1.33. The number of H-pyrrole nitrogens is 1. The summed E-state index contributed by atoms with van der Waals surface area (Å²) >= 11 is 0. The largest absolute Gasteiger partial charge is 0.332 e. The molecule has 0 radical (unpaired) electrons. The number of hydrogen-bond donors (Lipinski definition) is 1. The zero-order valence-corrected chi connectivity index (χ0v) is 17.1. The summed E-state index contributed by atoms with van der Waals surface area (Å²) in [6.45, 7) is 2.75. The Kier molecular flexibility index (Phi) is 5.30. The first kappa shape index (κ1) is 19.6. The molecule has 28 heavy (non-hydrogen) atoms. The molecule has 2 aliphatic heterocycles. The molecule has 1 aromatic heterocycles. The Morgan fingerprint density at radius 3 is 2.64 bits per heavy atom. The lowest BCUT2D eigenvalue weighted by atomic mass is 9.83. The van der Waals surface area contributed by atoms with Gasteiger partial charge in [-0.05, 0) is 45.4 Å². The highest BCUT2D eigenvalue weighted by atomic mass is 32.2. The number of rotatable bonds is 4. The Morgan fingerprint density at radius 1 is 1.18 bits per heavy atom. The van der Waals surface area contributed by atoms with E-state index < -0.39 is 10.0 Å². The van der Waals surface area contributed by atoms with Gasteiger partial charge in [0.05, 0.1) is 24.0 Å². The first-order chi connectivity index (χ1) is 13.4. The summed E-state index contributed by atoms with van der Waals surface area (Å²) in [5, 5.41) is 0. The van der Waals surface area contributed by atoms with Gasteiger partial charge in [-0.2, -0.15) is 4.31 Å². The number of carbonyl (C=O) groups is 1. The van der Waals surface area contributed by atoms with Crippen molar-refractivity contribution in [1.82, 2.24) is 19.2 Å². The zero-order chi connectivity index (χ0) is 19.9. The molecule has 1 aliphatic carbocycles. The normalized spacial score (nSPS) is 23.9. The smallest absolute Gasteiger partial charge is 0.254 e. The summed E-state index contributed by atoms with van der Waals surface area (Å²) in [4.78, 5) is 35.0. The quantitative estimate of drug-likeness (QED) is 0.810. The van der Waals surface area contributed by atoms with Crippen LogP contribution in [0.1, 0.15) is 68.6 Å². The van der Waals surface area contributed by atoms with Crippen LogP contribution in [0.4, 0.5) is 0 Å². The number of nitrogens with one attached hydrogen (secondary N) is 1. The Bertz CT molecular complexity index is 922. The number of amides is 1. The van der Waals surface area contributed by atoms with Gasteiger partial charge in [0.15, 0.2) is 0 Å². The molecule has 8 nitrogen and oxygen atoms in total. The molecule has 4 rings (SSSR count). The number of carbonyl (C=O) groups excluding carboxylic acids is 1. The first-order valence-electron chi connectivity index (χ1n) is 10.3. The van der Waals surface area contributed by atoms with Gasteiger partial charge in [-0.15, -0.1) is 0 Å². The van der Waals surface area contributed by atoms with E-state index in [4.69, 9.17) is 0 Å². The van der Waals surface area contributed by atoms with E-state index in [1.165, 1.54) is 4.31 Å². The third-order valence-corrected chi connectivity index (χ3v) is 8.20. The van der Waals surface area contributed by atoms with E-state index in [0.717, 1.165) is 38.5 Å². The van der Waals surface area contributed by atoms with Crippen LogP contribution in [-0.2, 0) is 27.8 Å². The van der Waals surface area contributed by atoms with E-state index in [1.54, 1.807) is 6.92 Å². The van der Waals surface area contributed by atoms with Crippen molar-refractivity contribution in [2.24, 2.45) is 5.92 Å². The molecule has 3 aliphatic rings. The van der Waals surface area contributed by atoms with Crippen LogP contribution in [0.25, 0.3) is 0 Å². The zero-order valence-electron chi connectivity index (χ0n) is 16.3. The average Bonchev–Trinajstić information content (AvgIpc) is 2.66. The maximum Gasteiger partial charge on any atom is 0.254 e. The average molecular weight is 409 g/mol. The molecule has 0 unspecified atom stereocenters. The number of piperidine rings is 1. The minimum atomic E-state index is -3.33. The Labute approximate surface area is 165 Å². The van der Waals surface area contributed by atoms with Crippen molar-refractivity contribution in [1.29, 1.82) is 0 Å². The molecule has 1 saturated heterocycles. The van der Waals surface area contributed by atoms with E-state index in [9.17, 15) is 18.0 Å². The molecule has 9 heteroatoms. The van der Waals surface area contributed by atoms with Gasteiger partial charge in [0.25, 0.3) is 5.56 Å². The molecule has 0 aromatic carbocycles. The lowest BCUT2D eigenvalue weighted by molar-refractivity contribution is -0.142. The molecular formula is C19H28N4O4S. The van der Waals surface area contributed by atoms with Crippen LogP contribution in [-0.4, -0.2) is 52.3 Å². The Hall–Kier alpha value is -1.74. The summed E-state index contributed by atoms with van der Waals surface area (Å²) in [6, 6.07) is -0.224. The van der Waals surface area contributed by atoms with E-state index in [-0.39, 0.29) is 35.7 Å². The maximum absolute atomic E-state index is 12.9. The second-order valence-corrected chi connectivity index (χ2v) is 10.3. The third kappa shape index (κ3) is 3.50.